The van der Waals surface area contributed by atoms with Crippen molar-refractivity contribution >= 4 is 5.69 Å². The normalized spacial score (nSPS) is 21.4. The van der Waals surface area contributed by atoms with Gasteiger partial charge in [0.05, 0.1) is 0 Å². The lowest BCUT2D eigenvalue weighted by Crippen LogP contribution is -2.27. The Morgan fingerprint density at radius 3 is 2.33 bits per heavy atom. The van der Waals surface area contributed by atoms with E-state index in [1.165, 1.54) is 12.1 Å². The van der Waals surface area contributed by atoms with E-state index in [2.05, 4.69) is 4.90 Å². The van der Waals surface area contributed by atoms with Crippen molar-refractivity contribution in [2.45, 2.75) is 37.6 Å². The fourth-order valence-electron chi connectivity index (χ4n) is 2.69. The van der Waals surface area contributed by atoms with E-state index in [9.17, 15) is 8.78 Å². The number of benzene rings is 1. The highest BCUT2D eigenvalue weighted by Crippen LogP contribution is 2.39. The lowest BCUT2D eigenvalue weighted by molar-refractivity contribution is 0.505. The molecular weight excluding hydrogens is 234 g/mol. The second kappa shape index (κ2) is 4.19. The number of rotatable bonds is 3. The van der Waals surface area contributed by atoms with Crippen LogP contribution in [0.15, 0.2) is 12.1 Å². The summed E-state index contributed by atoms with van der Waals surface area (Å²) >= 11 is 0. The number of anilines is 1. The Morgan fingerprint density at radius 2 is 1.72 bits per heavy atom. The molecule has 2 nitrogen and oxygen atoms in total. The molecule has 0 amide bonds. The summed E-state index contributed by atoms with van der Waals surface area (Å²) in [6, 6.07) is 2.66. The quantitative estimate of drug-likeness (QED) is 0.896. The Hall–Kier alpha value is -1.16. The maximum Gasteiger partial charge on any atom is 0.160 e. The van der Waals surface area contributed by atoms with E-state index in [1.54, 1.807) is 0 Å². The molecule has 1 aromatic rings. The van der Waals surface area contributed by atoms with E-state index in [-0.39, 0.29) is 5.54 Å². The van der Waals surface area contributed by atoms with Gasteiger partial charge in [-0.15, -0.1) is 0 Å². The van der Waals surface area contributed by atoms with Crippen molar-refractivity contribution in [3.05, 3.63) is 29.3 Å². The maximum atomic E-state index is 13.4. The molecule has 1 aliphatic carbocycles. The highest BCUT2D eigenvalue weighted by Gasteiger charge is 2.39. The standard InChI is InChI=1S/C14H18F2N2/c15-11-7-10(9-14(17)3-4-14)13(8-12(11)16)18-5-1-2-6-18/h7-8H,1-6,9,17H2. The summed E-state index contributed by atoms with van der Waals surface area (Å²) in [6.07, 6.45) is 4.84. The van der Waals surface area contributed by atoms with Gasteiger partial charge in [0.15, 0.2) is 11.6 Å². The van der Waals surface area contributed by atoms with Crippen molar-refractivity contribution in [3.63, 3.8) is 0 Å². The van der Waals surface area contributed by atoms with Gasteiger partial charge in [-0.05, 0) is 43.7 Å². The van der Waals surface area contributed by atoms with E-state index in [1.807, 2.05) is 0 Å². The van der Waals surface area contributed by atoms with Gasteiger partial charge in [0.1, 0.15) is 0 Å². The van der Waals surface area contributed by atoms with Crippen molar-refractivity contribution in [2.75, 3.05) is 18.0 Å². The number of nitrogens with two attached hydrogens (primary N) is 1. The second-order valence-corrected chi connectivity index (χ2v) is 5.63. The number of hydrogen-bond donors (Lipinski definition) is 1. The van der Waals surface area contributed by atoms with Crippen molar-refractivity contribution in [1.29, 1.82) is 0 Å². The van der Waals surface area contributed by atoms with Gasteiger partial charge in [-0.1, -0.05) is 0 Å². The first-order valence-electron chi connectivity index (χ1n) is 6.59. The molecule has 0 atom stereocenters. The number of nitrogens with zero attached hydrogens (tertiary/aromatic N) is 1. The van der Waals surface area contributed by atoms with Gasteiger partial charge in [0, 0.05) is 30.4 Å². The first-order valence-corrected chi connectivity index (χ1v) is 6.59. The Balaban J connectivity index is 1.95. The van der Waals surface area contributed by atoms with Gasteiger partial charge in [-0.3, -0.25) is 0 Å². The monoisotopic (exact) mass is 252 g/mol. The molecule has 0 radical (unpaired) electrons. The predicted octanol–water partition coefficient (Wildman–Crippen LogP) is 2.60. The SMILES string of the molecule is NC1(Cc2cc(F)c(F)cc2N2CCCC2)CC1. The molecule has 1 aromatic carbocycles. The lowest BCUT2D eigenvalue weighted by atomic mass is 10.0. The maximum absolute atomic E-state index is 13.4. The van der Waals surface area contributed by atoms with Crippen LogP contribution in [-0.2, 0) is 6.42 Å². The van der Waals surface area contributed by atoms with Gasteiger partial charge in [-0.2, -0.15) is 0 Å². The first kappa shape index (κ1) is 11.9. The minimum atomic E-state index is -0.766. The van der Waals surface area contributed by atoms with Gasteiger partial charge in [0.2, 0.25) is 0 Å². The summed E-state index contributed by atoms with van der Waals surface area (Å²) in [6.45, 7) is 1.85. The summed E-state index contributed by atoms with van der Waals surface area (Å²) in [7, 11) is 0. The van der Waals surface area contributed by atoms with Gasteiger partial charge < -0.3 is 10.6 Å². The average molecular weight is 252 g/mol. The van der Waals surface area contributed by atoms with E-state index in [0.717, 1.165) is 50.0 Å². The molecule has 1 saturated carbocycles. The first-order chi connectivity index (χ1) is 8.57. The minimum absolute atomic E-state index is 0.182. The molecule has 4 heteroatoms. The van der Waals surface area contributed by atoms with E-state index >= 15 is 0 Å². The summed E-state index contributed by atoms with van der Waals surface area (Å²) in [5.74, 6) is -1.53. The van der Waals surface area contributed by atoms with Crippen molar-refractivity contribution < 1.29 is 8.78 Å². The molecule has 2 fully saturated rings. The third kappa shape index (κ3) is 2.21. The second-order valence-electron chi connectivity index (χ2n) is 5.63. The molecule has 1 aliphatic heterocycles. The smallest absolute Gasteiger partial charge is 0.160 e. The number of hydrogen-bond acceptors (Lipinski definition) is 2. The van der Waals surface area contributed by atoms with Crippen LogP contribution in [-0.4, -0.2) is 18.6 Å². The largest absolute Gasteiger partial charge is 0.371 e. The Labute approximate surface area is 106 Å². The van der Waals surface area contributed by atoms with Crippen LogP contribution < -0.4 is 10.6 Å². The van der Waals surface area contributed by atoms with Crippen LogP contribution in [0, 0.1) is 11.6 Å². The molecule has 2 N–H and O–H groups in total. The van der Waals surface area contributed by atoms with E-state index in [4.69, 9.17) is 5.73 Å². The average Bonchev–Trinajstić information content (AvgIpc) is 2.84. The van der Waals surface area contributed by atoms with Crippen molar-refractivity contribution in [2.24, 2.45) is 5.73 Å². The van der Waals surface area contributed by atoms with Crippen molar-refractivity contribution in [1.82, 2.24) is 0 Å². The third-order valence-corrected chi connectivity index (χ3v) is 4.00. The predicted molar refractivity (Wildman–Crippen MR) is 67.7 cm³/mol. The molecule has 18 heavy (non-hydrogen) atoms. The lowest BCUT2D eigenvalue weighted by Gasteiger charge is -2.23. The summed E-state index contributed by atoms with van der Waals surface area (Å²) < 4.78 is 26.8. The minimum Gasteiger partial charge on any atom is -0.371 e. The van der Waals surface area contributed by atoms with Crippen LogP contribution in [0.2, 0.25) is 0 Å². The zero-order valence-electron chi connectivity index (χ0n) is 10.4. The molecule has 0 unspecified atom stereocenters. The number of halogens is 2. The molecule has 1 heterocycles. The highest BCUT2D eigenvalue weighted by molar-refractivity contribution is 5.55. The van der Waals surface area contributed by atoms with E-state index < -0.39 is 11.6 Å². The van der Waals surface area contributed by atoms with Crippen LogP contribution >= 0.6 is 0 Å². The molecular formula is C14H18F2N2. The molecule has 0 spiro atoms. The molecule has 98 valence electrons. The Bertz CT molecular complexity index is 463. The Kier molecular flexibility index (Phi) is 2.77. The molecule has 0 bridgehead atoms. The van der Waals surface area contributed by atoms with Crippen LogP contribution in [0.3, 0.4) is 0 Å². The van der Waals surface area contributed by atoms with Gasteiger partial charge >= 0.3 is 0 Å². The van der Waals surface area contributed by atoms with Crippen LogP contribution in [0.4, 0.5) is 14.5 Å². The van der Waals surface area contributed by atoms with Crippen LogP contribution in [0.5, 0.6) is 0 Å². The summed E-state index contributed by atoms with van der Waals surface area (Å²) in [5, 5.41) is 0. The molecule has 3 rings (SSSR count). The fourth-order valence-corrected chi connectivity index (χ4v) is 2.69. The zero-order chi connectivity index (χ0) is 12.8. The Morgan fingerprint density at radius 1 is 1.11 bits per heavy atom. The van der Waals surface area contributed by atoms with Crippen molar-refractivity contribution in [3.8, 4) is 0 Å². The summed E-state index contributed by atoms with van der Waals surface area (Å²) in [5.41, 5.74) is 7.61. The summed E-state index contributed by atoms with van der Waals surface area (Å²) in [4.78, 5) is 2.14. The molecule has 0 aromatic heterocycles. The topological polar surface area (TPSA) is 29.3 Å². The third-order valence-electron chi connectivity index (χ3n) is 4.00. The highest BCUT2D eigenvalue weighted by atomic mass is 19.2. The molecule has 1 saturated heterocycles. The molecule has 2 aliphatic rings. The van der Waals surface area contributed by atoms with Gasteiger partial charge in [-0.25, -0.2) is 8.78 Å². The van der Waals surface area contributed by atoms with Crippen LogP contribution in [0.25, 0.3) is 0 Å². The fraction of sp³-hybridized carbons (Fsp3) is 0.571. The van der Waals surface area contributed by atoms with Gasteiger partial charge in [0.25, 0.3) is 0 Å². The van der Waals surface area contributed by atoms with E-state index in [0.29, 0.717) is 6.42 Å². The van der Waals surface area contributed by atoms with Crippen LogP contribution in [0.1, 0.15) is 31.2 Å². The zero-order valence-corrected chi connectivity index (χ0v) is 10.4.